The van der Waals surface area contributed by atoms with E-state index < -0.39 is 0 Å². The van der Waals surface area contributed by atoms with Crippen LogP contribution in [0.15, 0.2) is 71.6 Å². The first-order valence-electron chi connectivity index (χ1n) is 8.12. The number of hydrogen-bond acceptors (Lipinski definition) is 3. The second kappa shape index (κ2) is 6.34. The molecule has 0 fully saturated rings. The molecule has 0 saturated heterocycles. The number of carbonyl (C=O) groups is 2. The van der Waals surface area contributed by atoms with Crippen molar-refractivity contribution < 1.29 is 9.59 Å². The topological polar surface area (TPSA) is 34.1 Å². The smallest absolute Gasteiger partial charge is 0.195 e. The number of hydrogen-bond donors (Lipinski definition) is 0. The maximum absolute atomic E-state index is 12.9. The molecule has 25 heavy (non-hydrogen) atoms. The highest BCUT2D eigenvalue weighted by atomic mass is 32.2. The van der Waals surface area contributed by atoms with E-state index in [1.54, 1.807) is 17.8 Å². The molecule has 0 bridgehead atoms. The highest BCUT2D eigenvalue weighted by Gasteiger charge is 2.30. The SMILES string of the molecule is CSc1cccc(CC(=O)c2cccc3c2C(=O)c2ccccc2-3)c1. The highest BCUT2D eigenvalue weighted by Crippen LogP contribution is 2.38. The van der Waals surface area contributed by atoms with Crippen LogP contribution in [0, 0.1) is 0 Å². The van der Waals surface area contributed by atoms with Crippen molar-refractivity contribution in [3.8, 4) is 11.1 Å². The van der Waals surface area contributed by atoms with E-state index in [-0.39, 0.29) is 11.6 Å². The van der Waals surface area contributed by atoms with Crippen LogP contribution in [-0.2, 0) is 6.42 Å². The molecule has 0 saturated carbocycles. The molecule has 2 nitrogen and oxygen atoms in total. The second-order valence-electron chi connectivity index (χ2n) is 6.05. The van der Waals surface area contributed by atoms with E-state index in [1.807, 2.05) is 66.9 Å². The zero-order valence-electron chi connectivity index (χ0n) is 13.8. The Morgan fingerprint density at radius 1 is 0.880 bits per heavy atom. The van der Waals surface area contributed by atoms with Gasteiger partial charge in [0.1, 0.15) is 0 Å². The molecule has 1 aliphatic carbocycles. The summed E-state index contributed by atoms with van der Waals surface area (Å²) in [6.45, 7) is 0. The van der Waals surface area contributed by atoms with Crippen LogP contribution in [0.5, 0.6) is 0 Å². The highest BCUT2D eigenvalue weighted by molar-refractivity contribution is 7.98. The minimum atomic E-state index is -0.0487. The van der Waals surface area contributed by atoms with Gasteiger partial charge in [-0.3, -0.25) is 9.59 Å². The summed E-state index contributed by atoms with van der Waals surface area (Å²) < 4.78 is 0. The van der Waals surface area contributed by atoms with Crippen LogP contribution >= 0.6 is 11.8 Å². The van der Waals surface area contributed by atoms with Crippen LogP contribution in [0.4, 0.5) is 0 Å². The third-order valence-electron chi connectivity index (χ3n) is 4.55. The van der Waals surface area contributed by atoms with Crippen molar-refractivity contribution in [2.24, 2.45) is 0 Å². The summed E-state index contributed by atoms with van der Waals surface area (Å²) in [7, 11) is 0. The third kappa shape index (κ3) is 2.71. The maximum Gasteiger partial charge on any atom is 0.195 e. The fourth-order valence-corrected chi connectivity index (χ4v) is 3.85. The molecule has 122 valence electrons. The summed E-state index contributed by atoms with van der Waals surface area (Å²) in [4.78, 5) is 26.9. The van der Waals surface area contributed by atoms with Crippen LogP contribution in [0.2, 0.25) is 0 Å². The Hall–Kier alpha value is -2.65. The van der Waals surface area contributed by atoms with Gasteiger partial charge in [-0.05, 0) is 35.1 Å². The minimum absolute atomic E-state index is 0.0174. The van der Waals surface area contributed by atoms with Crippen LogP contribution in [-0.4, -0.2) is 17.8 Å². The van der Waals surface area contributed by atoms with Crippen molar-refractivity contribution in [2.75, 3.05) is 6.26 Å². The van der Waals surface area contributed by atoms with Gasteiger partial charge < -0.3 is 0 Å². The predicted molar refractivity (Wildman–Crippen MR) is 102 cm³/mol. The Labute approximate surface area is 150 Å². The van der Waals surface area contributed by atoms with Crippen molar-refractivity contribution in [2.45, 2.75) is 11.3 Å². The number of rotatable bonds is 4. The van der Waals surface area contributed by atoms with Gasteiger partial charge in [0.15, 0.2) is 11.6 Å². The lowest BCUT2D eigenvalue weighted by molar-refractivity contribution is 0.0977. The number of thioether (sulfide) groups is 1. The molecule has 0 heterocycles. The van der Waals surface area contributed by atoms with Gasteiger partial charge >= 0.3 is 0 Å². The van der Waals surface area contributed by atoms with Crippen molar-refractivity contribution >= 4 is 23.3 Å². The summed E-state index contributed by atoms with van der Waals surface area (Å²) >= 11 is 1.65. The second-order valence-corrected chi connectivity index (χ2v) is 6.93. The number of fused-ring (bicyclic) bond motifs is 3. The first kappa shape index (κ1) is 15.9. The molecule has 3 aromatic carbocycles. The average molecular weight is 344 g/mol. The summed E-state index contributed by atoms with van der Waals surface area (Å²) in [6, 6.07) is 21.1. The molecule has 0 radical (unpaired) electrons. The molecular weight excluding hydrogens is 328 g/mol. The van der Waals surface area contributed by atoms with Crippen molar-refractivity contribution in [3.05, 3.63) is 89.0 Å². The summed E-state index contributed by atoms with van der Waals surface area (Å²) in [6.07, 6.45) is 2.31. The van der Waals surface area contributed by atoms with E-state index in [4.69, 9.17) is 0 Å². The Bertz CT molecular complexity index is 1000. The van der Waals surface area contributed by atoms with Gasteiger partial charge in [0.25, 0.3) is 0 Å². The zero-order chi connectivity index (χ0) is 17.4. The first-order valence-corrected chi connectivity index (χ1v) is 9.35. The summed E-state index contributed by atoms with van der Waals surface area (Å²) in [5.74, 6) is -0.0660. The molecular formula is C22H16O2S. The Morgan fingerprint density at radius 3 is 2.40 bits per heavy atom. The molecule has 4 rings (SSSR count). The van der Waals surface area contributed by atoms with Gasteiger partial charge in [0.05, 0.1) is 0 Å². The molecule has 0 amide bonds. The normalized spacial score (nSPS) is 12.0. The molecule has 3 heteroatoms. The quantitative estimate of drug-likeness (QED) is 0.384. The van der Waals surface area contributed by atoms with E-state index >= 15 is 0 Å². The fourth-order valence-electron chi connectivity index (χ4n) is 3.37. The fraction of sp³-hybridized carbons (Fsp3) is 0.0909. The molecule has 1 aliphatic rings. The predicted octanol–water partition coefficient (Wildman–Crippen LogP) is 5.05. The lowest BCUT2D eigenvalue weighted by Gasteiger charge is -2.08. The zero-order valence-corrected chi connectivity index (χ0v) is 14.6. The Kier molecular flexibility index (Phi) is 4.02. The van der Waals surface area contributed by atoms with Crippen LogP contribution < -0.4 is 0 Å². The van der Waals surface area contributed by atoms with E-state index in [0.717, 1.165) is 21.6 Å². The Morgan fingerprint density at radius 2 is 1.60 bits per heavy atom. The van der Waals surface area contributed by atoms with E-state index in [9.17, 15) is 9.59 Å². The number of Topliss-reactive ketones (excluding diaryl/α,β-unsaturated/α-hetero) is 1. The standard InChI is InChI=1S/C22H16O2S/c1-25-15-7-4-6-14(12-15)13-20(23)19-11-5-10-17-16-8-2-3-9-18(16)22(24)21(17)19/h2-12H,13H2,1H3. The first-order chi connectivity index (χ1) is 12.2. The largest absolute Gasteiger partial charge is 0.294 e. The molecule has 3 aromatic rings. The van der Waals surface area contributed by atoms with Crippen LogP contribution in [0.25, 0.3) is 11.1 Å². The van der Waals surface area contributed by atoms with Gasteiger partial charge in [0.2, 0.25) is 0 Å². The Balaban J connectivity index is 1.73. The molecule has 0 spiro atoms. The van der Waals surface area contributed by atoms with Crippen LogP contribution in [0.3, 0.4) is 0 Å². The van der Waals surface area contributed by atoms with Crippen molar-refractivity contribution in [1.82, 2.24) is 0 Å². The number of benzene rings is 3. The lowest BCUT2D eigenvalue weighted by Crippen LogP contribution is -2.10. The van der Waals surface area contributed by atoms with Gasteiger partial charge in [-0.15, -0.1) is 11.8 Å². The monoisotopic (exact) mass is 344 g/mol. The van der Waals surface area contributed by atoms with Gasteiger partial charge in [0, 0.05) is 28.0 Å². The number of ketones is 2. The molecule has 0 aliphatic heterocycles. The summed E-state index contributed by atoms with van der Waals surface area (Å²) in [5.41, 5.74) is 4.51. The van der Waals surface area contributed by atoms with E-state index in [2.05, 4.69) is 0 Å². The maximum atomic E-state index is 12.9. The van der Waals surface area contributed by atoms with Crippen LogP contribution in [0.1, 0.15) is 31.8 Å². The molecule has 0 aromatic heterocycles. The number of carbonyl (C=O) groups excluding carboxylic acids is 2. The summed E-state index contributed by atoms with van der Waals surface area (Å²) in [5, 5.41) is 0. The lowest BCUT2D eigenvalue weighted by atomic mass is 9.95. The third-order valence-corrected chi connectivity index (χ3v) is 5.28. The van der Waals surface area contributed by atoms with Gasteiger partial charge in [-0.2, -0.15) is 0 Å². The molecule has 0 unspecified atom stereocenters. The van der Waals surface area contributed by atoms with Gasteiger partial charge in [-0.25, -0.2) is 0 Å². The molecule has 0 atom stereocenters. The van der Waals surface area contributed by atoms with Crippen molar-refractivity contribution in [3.63, 3.8) is 0 Å². The average Bonchev–Trinajstić information content (AvgIpc) is 2.95. The van der Waals surface area contributed by atoms with E-state index in [0.29, 0.717) is 23.1 Å². The molecule has 0 N–H and O–H groups in total. The van der Waals surface area contributed by atoms with Crippen molar-refractivity contribution in [1.29, 1.82) is 0 Å². The van der Waals surface area contributed by atoms with Gasteiger partial charge in [-0.1, -0.05) is 54.6 Å². The minimum Gasteiger partial charge on any atom is -0.294 e. The van der Waals surface area contributed by atoms with E-state index in [1.165, 1.54) is 0 Å².